The highest BCUT2D eigenvalue weighted by Gasteiger charge is 2.20. The van der Waals surface area contributed by atoms with Gasteiger partial charge in [-0.1, -0.05) is 37.0 Å². The van der Waals surface area contributed by atoms with Gasteiger partial charge in [0.15, 0.2) is 0 Å². The predicted molar refractivity (Wildman–Crippen MR) is 79.9 cm³/mol. The molecule has 100 valence electrons. The lowest BCUT2D eigenvalue weighted by atomic mass is 10.0. The molecule has 0 saturated carbocycles. The fourth-order valence-electron chi connectivity index (χ4n) is 2.47. The molecule has 1 heterocycles. The maximum absolute atomic E-state index is 6.08. The molecule has 0 amide bonds. The monoisotopic (exact) mass is 286 g/mol. The average Bonchev–Trinajstić information content (AvgIpc) is 2.32. The molecule has 1 atom stereocenters. The van der Waals surface area contributed by atoms with Crippen LogP contribution in [0.5, 0.6) is 0 Å². The zero-order chi connectivity index (χ0) is 13.1. The lowest BCUT2D eigenvalue weighted by Crippen LogP contribution is -2.51. The van der Waals surface area contributed by atoms with Gasteiger partial charge in [0.25, 0.3) is 0 Å². The Labute approximate surface area is 119 Å². The topological polar surface area (TPSA) is 15.3 Å². The van der Waals surface area contributed by atoms with Crippen LogP contribution < -0.4 is 10.2 Å². The molecule has 2 rings (SSSR count). The first-order valence-corrected chi connectivity index (χ1v) is 7.25. The lowest BCUT2D eigenvalue weighted by molar-refractivity contribution is 0.388. The van der Waals surface area contributed by atoms with E-state index in [4.69, 9.17) is 23.2 Å². The predicted octanol–water partition coefficient (Wildman–Crippen LogP) is 3.82. The van der Waals surface area contributed by atoms with Gasteiger partial charge < -0.3 is 10.2 Å². The summed E-state index contributed by atoms with van der Waals surface area (Å²) < 4.78 is 0. The number of benzene rings is 1. The van der Waals surface area contributed by atoms with E-state index >= 15 is 0 Å². The number of nitrogens with zero attached hydrogens (tertiary/aromatic N) is 1. The zero-order valence-electron chi connectivity index (χ0n) is 10.9. The standard InChI is InChI=1S/C14H20Cl2N2/c1-10(2)7-11-9-18(6-5-17-11)12-3-4-13(15)14(16)8-12/h3-4,8,10-11,17H,5-7,9H2,1-2H3. The van der Waals surface area contributed by atoms with Gasteiger partial charge in [-0.2, -0.15) is 0 Å². The third-order valence-corrected chi connectivity index (χ3v) is 4.02. The van der Waals surface area contributed by atoms with Gasteiger partial charge in [0.05, 0.1) is 10.0 Å². The number of hydrogen-bond acceptors (Lipinski definition) is 2. The van der Waals surface area contributed by atoms with Gasteiger partial charge in [-0.3, -0.25) is 0 Å². The van der Waals surface area contributed by atoms with Crippen LogP contribution in [-0.4, -0.2) is 25.7 Å². The van der Waals surface area contributed by atoms with Crippen LogP contribution in [-0.2, 0) is 0 Å². The fraction of sp³-hybridized carbons (Fsp3) is 0.571. The Morgan fingerprint density at radius 2 is 2.11 bits per heavy atom. The highest BCUT2D eigenvalue weighted by atomic mass is 35.5. The molecule has 1 aromatic carbocycles. The summed E-state index contributed by atoms with van der Waals surface area (Å²) in [6, 6.07) is 6.44. The minimum Gasteiger partial charge on any atom is -0.369 e. The van der Waals surface area contributed by atoms with Gasteiger partial charge >= 0.3 is 0 Å². The van der Waals surface area contributed by atoms with Gasteiger partial charge in [-0.25, -0.2) is 0 Å². The maximum Gasteiger partial charge on any atom is 0.0612 e. The highest BCUT2D eigenvalue weighted by molar-refractivity contribution is 6.42. The van der Waals surface area contributed by atoms with Crippen LogP contribution in [0.4, 0.5) is 5.69 Å². The molecule has 1 aliphatic rings. The van der Waals surface area contributed by atoms with Crippen molar-refractivity contribution in [2.75, 3.05) is 24.5 Å². The van der Waals surface area contributed by atoms with E-state index in [-0.39, 0.29) is 0 Å². The number of rotatable bonds is 3. The molecule has 2 nitrogen and oxygen atoms in total. The van der Waals surface area contributed by atoms with E-state index in [2.05, 4.69) is 24.1 Å². The van der Waals surface area contributed by atoms with Crippen molar-refractivity contribution in [3.8, 4) is 0 Å². The molecule has 18 heavy (non-hydrogen) atoms. The van der Waals surface area contributed by atoms with Crippen LogP contribution in [0, 0.1) is 5.92 Å². The van der Waals surface area contributed by atoms with E-state index < -0.39 is 0 Å². The van der Waals surface area contributed by atoms with Gasteiger partial charge in [0, 0.05) is 31.4 Å². The van der Waals surface area contributed by atoms with Crippen LogP contribution >= 0.6 is 23.2 Å². The first-order valence-electron chi connectivity index (χ1n) is 6.49. The summed E-state index contributed by atoms with van der Waals surface area (Å²) in [5.74, 6) is 0.719. The molecule has 1 saturated heterocycles. The minimum absolute atomic E-state index is 0.563. The van der Waals surface area contributed by atoms with Crippen LogP contribution in [0.3, 0.4) is 0 Å². The largest absolute Gasteiger partial charge is 0.369 e. The van der Waals surface area contributed by atoms with E-state index in [1.165, 1.54) is 12.1 Å². The molecule has 0 radical (unpaired) electrons. The maximum atomic E-state index is 6.08. The summed E-state index contributed by atoms with van der Waals surface area (Å²) >= 11 is 12.0. The van der Waals surface area contributed by atoms with Crippen molar-refractivity contribution in [3.63, 3.8) is 0 Å². The zero-order valence-corrected chi connectivity index (χ0v) is 12.4. The first kappa shape index (κ1) is 14.0. The average molecular weight is 287 g/mol. The second kappa shape index (κ2) is 6.14. The van der Waals surface area contributed by atoms with E-state index in [0.717, 1.165) is 25.6 Å². The molecule has 4 heteroatoms. The van der Waals surface area contributed by atoms with Crippen molar-refractivity contribution < 1.29 is 0 Å². The minimum atomic E-state index is 0.563. The molecule has 0 aromatic heterocycles. The Hall–Kier alpha value is -0.440. The van der Waals surface area contributed by atoms with Gasteiger partial charge in [0.2, 0.25) is 0 Å². The second-order valence-electron chi connectivity index (χ2n) is 5.33. The Kier molecular flexibility index (Phi) is 4.77. The van der Waals surface area contributed by atoms with Crippen LogP contribution in [0.1, 0.15) is 20.3 Å². The Balaban J connectivity index is 2.05. The normalized spacial score (nSPS) is 20.5. The smallest absolute Gasteiger partial charge is 0.0612 e. The summed E-state index contributed by atoms with van der Waals surface area (Å²) in [5, 5.41) is 4.83. The van der Waals surface area contributed by atoms with Gasteiger partial charge in [0.1, 0.15) is 0 Å². The number of halogens is 2. The number of hydrogen-bond donors (Lipinski definition) is 1. The van der Waals surface area contributed by atoms with Crippen molar-refractivity contribution in [1.82, 2.24) is 5.32 Å². The van der Waals surface area contributed by atoms with Crippen molar-refractivity contribution in [3.05, 3.63) is 28.2 Å². The third-order valence-electron chi connectivity index (χ3n) is 3.28. The van der Waals surface area contributed by atoms with Crippen molar-refractivity contribution in [2.24, 2.45) is 5.92 Å². The molecule has 0 bridgehead atoms. The number of nitrogens with one attached hydrogen (secondary N) is 1. The Bertz CT molecular complexity index is 407. The van der Waals surface area contributed by atoms with Gasteiger partial charge in [-0.05, 0) is 30.5 Å². The lowest BCUT2D eigenvalue weighted by Gasteiger charge is -2.36. The van der Waals surface area contributed by atoms with E-state index in [9.17, 15) is 0 Å². The van der Waals surface area contributed by atoms with Crippen LogP contribution in [0.25, 0.3) is 0 Å². The van der Waals surface area contributed by atoms with Crippen LogP contribution in [0.2, 0.25) is 10.0 Å². The van der Waals surface area contributed by atoms with Crippen molar-refractivity contribution in [2.45, 2.75) is 26.3 Å². The molecule has 1 aromatic rings. The fourth-order valence-corrected chi connectivity index (χ4v) is 2.76. The summed E-state index contributed by atoms with van der Waals surface area (Å²) in [5.41, 5.74) is 1.17. The molecular weight excluding hydrogens is 267 g/mol. The SMILES string of the molecule is CC(C)CC1CN(c2ccc(Cl)c(Cl)c2)CCN1. The molecule has 1 aliphatic heterocycles. The Morgan fingerprint density at radius 1 is 1.33 bits per heavy atom. The summed E-state index contributed by atoms with van der Waals surface area (Å²) in [6.45, 7) is 7.61. The Morgan fingerprint density at radius 3 is 2.78 bits per heavy atom. The van der Waals surface area contributed by atoms with E-state index in [0.29, 0.717) is 16.1 Å². The quantitative estimate of drug-likeness (QED) is 0.909. The first-order chi connectivity index (χ1) is 8.56. The summed E-state index contributed by atoms with van der Waals surface area (Å²) in [4.78, 5) is 2.38. The van der Waals surface area contributed by atoms with Crippen molar-refractivity contribution >= 4 is 28.9 Å². The van der Waals surface area contributed by atoms with Crippen molar-refractivity contribution in [1.29, 1.82) is 0 Å². The van der Waals surface area contributed by atoms with Gasteiger partial charge in [-0.15, -0.1) is 0 Å². The molecular formula is C14H20Cl2N2. The highest BCUT2D eigenvalue weighted by Crippen LogP contribution is 2.28. The molecule has 1 N–H and O–H groups in total. The van der Waals surface area contributed by atoms with Crippen LogP contribution in [0.15, 0.2) is 18.2 Å². The number of piperazine rings is 1. The van der Waals surface area contributed by atoms with E-state index in [1.807, 2.05) is 18.2 Å². The van der Waals surface area contributed by atoms with E-state index in [1.54, 1.807) is 0 Å². The molecule has 1 unspecified atom stereocenters. The summed E-state index contributed by atoms with van der Waals surface area (Å²) in [6.07, 6.45) is 1.21. The third kappa shape index (κ3) is 3.53. The molecule has 0 spiro atoms. The molecule has 0 aliphatic carbocycles. The second-order valence-corrected chi connectivity index (χ2v) is 6.14. The molecule has 1 fully saturated rings. The summed E-state index contributed by atoms with van der Waals surface area (Å²) in [7, 11) is 0. The number of anilines is 1.